The van der Waals surface area contributed by atoms with Crippen LogP contribution in [0, 0.1) is 5.92 Å². The summed E-state index contributed by atoms with van der Waals surface area (Å²) in [6.45, 7) is 10.8. The maximum absolute atomic E-state index is 5.68. The average molecular weight is 264 g/mol. The predicted molar refractivity (Wildman–Crippen MR) is 79.0 cm³/mol. The lowest BCUT2D eigenvalue weighted by atomic mass is 9.85. The SMILES string of the molecule is CCN(Cc1cc(CNC(C)C)co1)CC1CCC1. The molecular formula is C16H28N2O. The molecule has 0 aromatic carbocycles. The number of hydrogen-bond acceptors (Lipinski definition) is 3. The van der Waals surface area contributed by atoms with Crippen molar-refractivity contribution in [1.82, 2.24) is 10.2 Å². The molecule has 1 saturated carbocycles. The van der Waals surface area contributed by atoms with Crippen LogP contribution < -0.4 is 5.32 Å². The molecule has 0 saturated heterocycles. The van der Waals surface area contributed by atoms with Gasteiger partial charge in [0.05, 0.1) is 12.8 Å². The highest BCUT2D eigenvalue weighted by Gasteiger charge is 2.20. The van der Waals surface area contributed by atoms with E-state index in [0.717, 1.165) is 31.3 Å². The minimum absolute atomic E-state index is 0.518. The molecule has 0 radical (unpaired) electrons. The topological polar surface area (TPSA) is 28.4 Å². The molecule has 0 spiro atoms. The molecule has 3 nitrogen and oxygen atoms in total. The summed E-state index contributed by atoms with van der Waals surface area (Å²) in [6, 6.07) is 2.71. The van der Waals surface area contributed by atoms with E-state index >= 15 is 0 Å². The van der Waals surface area contributed by atoms with Gasteiger partial charge in [0.2, 0.25) is 0 Å². The van der Waals surface area contributed by atoms with Gasteiger partial charge in [-0.3, -0.25) is 4.90 Å². The lowest BCUT2D eigenvalue weighted by Gasteiger charge is -2.31. The highest BCUT2D eigenvalue weighted by molar-refractivity contribution is 5.12. The molecule has 2 rings (SSSR count). The third-order valence-electron chi connectivity index (χ3n) is 3.99. The fourth-order valence-electron chi connectivity index (χ4n) is 2.49. The summed E-state index contributed by atoms with van der Waals surface area (Å²) in [7, 11) is 0. The second-order valence-electron chi connectivity index (χ2n) is 6.08. The van der Waals surface area contributed by atoms with E-state index in [1.165, 1.54) is 31.4 Å². The van der Waals surface area contributed by atoms with E-state index < -0.39 is 0 Å². The summed E-state index contributed by atoms with van der Waals surface area (Å²) in [5.74, 6) is 2.03. The van der Waals surface area contributed by atoms with Crippen molar-refractivity contribution < 1.29 is 4.42 Å². The van der Waals surface area contributed by atoms with Gasteiger partial charge in [-0.15, -0.1) is 0 Å². The molecule has 0 unspecified atom stereocenters. The Hall–Kier alpha value is -0.800. The molecule has 0 bridgehead atoms. The smallest absolute Gasteiger partial charge is 0.118 e. The monoisotopic (exact) mass is 264 g/mol. The van der Waals surface area contributed by atoms with E-state index in [-0.39, 0.29) is 0 Å². The Morgan fingerprint density at radius 3 is 2.79 bits per heavy atom. The number of rotatable bonds is 8. The third-order valence-corrected chi connectivity index (χ3v) is 3.99. The summed E-state index contributed by atoms with van der Waals surface area (Å²) in [5.41, 5.74) is 1.25. The molecule has 108 valence electrons. The van der Waals surface area contributed by atoms with Crippen LogP contribution in [0.1, 0.15) is 51.4 Å². The Morgan fingerprint density at radius 2 is 2.21 bits per heavy atom. The van der Waals surface area contributed by atoms with Gasteiger partial charge < -0.3 is 9.73 Å². The van der Waals surface area contributed by atoms with Crippen molar-refractivity contribution in [3.8, 4) is 0 Å². The Labute approximate surface area is 117 Å². The van der Waals surface area contributed by atoms with E-state index in [0.29, 0.717) is 6.04 Å². The minimum atomic E-state index is 0.518. The molecule has 1 aromatic heterocycles. The highest BCUT2D eigenvalue weighted by atomic mass is 16.3. The summed E-state index contributed by atoms with van der Waals surface area (Å²) in [5, 5.41) is 3.42. The van der Waals surface area contributed by atoms with Crippen LogP contribution in [0.4, 0.5) is 0 Å². The lowest BCUT2D eigenvalue weighted by molar-refractivity contribution is 0.169. The zero-order valence-corrected chi connectivity index (χ0v) is 12.6. The quantitative estimate of drug-likeness (QED) is 0.780. The van der Waals surface area contributed by atoms with Gasteiger partial charge in [-0.1, -0.05) is 27.2 Å². The normalized spacial score (nSPS) is 16.3. The fraction of sp³-hybridized carbons (Fsp3) is 0.750. The highest BCUT2D eigenvalue weighted by Crippen LogP contribution is 2.27. The fourth-order valence-corrected chi connectivity index (χ4v) is 2.49. The molecular weight excluding hydrogens is 236 g/mol. The van der Waals surface area contributed by atoms with Crippen LogP contribution >= 0.6 is 0 Å². The van der Waals surface area contributed by atoms with Crippen LogP contribution in [0.5, 0.6) is 0 Å². The van der Waals surface area contributed by atoms with Crippen LogP contribution in [-0.4, -0.2) is 24.0 Å². The summed E-state index contributed by atoms with van der Waals surface area (Å²) < 4.78 is 5.68. The third kappa shape index (κ3) is 4.66. The van der Waals surface area contributed by atoms with Gasteiger partial charge in [-0.05, 0) is 31.4 Å². The molecule has 3 heteroatoms. The second-order valence-corrected chi connectivity index (χ2v) is 6.08. The molecule has 0 aliphatic heterocycles. The molecule has 1 aliphatic rings. The largest absolute Gasteiger partial charge is 0.468 e. The molecule has 0 atom stereocenters. The van der Waals surface area contributed by atoms with E-state index in [2.05, 4.69) is 37.1 Å². The lowest BCUT2D eigenvalue weighted by Crippen LogP contribution is -2.31. The van der Waals surface area contributed by atoms with Gasteiger partial charge in [-0.2, -0.15) is 0 Å². The van der Waals surface area contributed by atoms with Crippen LogP contribution in [0.15, 0.2) is 16.7 Å². The average Bonchev–Trinajstić information content (AvgIpc) is 2.77. The standard InChI is InChI=1S/C16H28N2O/c1-4-18(10-14-6-5-7-14)11-16-8-15(12-19-16)9-17-13(2)3/h8,12-14,17H,4-7,9-11H2,1-3H3. The zero-order chi connectivity index (χ0) is 13.7. The number of furan rings is 1. The minimum Gasteiger partial charge on any atom is -0.468 e. The summed E-state index contributed by atoms with van der Waals surface area (Å²) in [4.78, 5) is 2.50. The van der Waals surface area contributed by atoms with Crippen molar-refractivity contribution in [3.05, 3.63) is 23.7 Å². The van der Waals surface area contributed by atoms with Crippen molar-refractivity contribution in [2.45, 2.75) is 59.2 Å². The van der Waals surface area contributed by atoms with E-state index in [4.69, 9.17) is 4.42 Å². The molecule has 0 amide bonds. The number of hydrogen-bond donors (Lipinski definition) is 1. The van der Waals surface area contributed by atoms with Crippen LogP contribution in [0.3, 0.4) is 0 Å². The van der Waals surface area contributed by atoms with Crippen LogP contribution in [0.25, 0.3) is 0 Å². The Balaban J connectivity index is 1.79. The molecule has 19 heavy (non-hydrogen) atoms. The molecule has 1 aromatic rings. The second kappa shape index (κ2) is 7.11. The molecule has 1 N–H and O–H groups in total. The first-order chi connectivity index (χ1) is 9.17. The Morgan fingerprint density at radius 1 is 1.42 bits per heavy atom. The van der Waals surface area contributed by atoms with Crippen molar-refractivity contribution >= 4 is 0 Å². The summed E-state index contributed by atoms with van der Waals surface area (Å²) >= 11 is 0. The summed E-state index contributed by atoms with van der Waals surface area (Å²) in [6.07, 6.45) is 6.15. The van der Waals surface area contributed by atoms with Crippen molar-refractivity contribution in [2.75, 3.05) is 13.1 Å². The number of nitrogens with zero attached hydrogens (tertiary/aromatic N) is 1. The van der Waals surface area contributed by atoms with Gasteiger partial charge in [0.25, 0.3) is 0 Å². The van der Waals surface area contributed by atoms with Crippen molar-refractivity contribution in [2.24, 2.45) is 5.92 Å². The molecule has 1 fully saturated rings. The Kier molecular flexibility index (Phi) is 5.46. The van der Waals surface area contributed by atoms with E-state index in [1.807, 2.05) is 6.26 Å². The zero-order valence-electron chi connectivity index (χ0n) is 12.6. The number of nitrogens with one attached hydrogen (secondary N) is 1. The van der Waals surface area contributed by atoms with E-state index in [1.54, 1.807) is 0 Å². The van der Waals surface area contributed by atoms with Gasteiger partial charge in [0, 0.05) is 24.7 Å². The first-order valence-electron chi connectivity index (χ1n) is 7.69. The maximum atomic E-state index is 5.68. The molecule has 1 aliphatic carbocycles. The maximum Gasteiger partial charge on any atom is 0.118 e. The first-order valence-corrected chi connectivity index (χ1v) is 7.69. The predicted octanol–water partition coefficient (Wildman–Crippen LogP) is 3.40. The van der Waals surface area contributed by atoms with Crippen LogP contribution in [0.2, 0.25) is 0 Å². The Bertz CT molecular complexity index is 369. The van der Waals surface area contributed by atoms with Crippen molar-refractivity contribution in [3.63, 3.8) is 0 Å². The molecule has 1 heterocycles. The van der Waals surface area contributed by atoms with Crippen molar-refractivity contribution in [1.29, 1.82) is 0 Å². The van der Waals surface area contributed by atoms with Gasteiger partial charge in [-0.25, -0.2) is 0 Å². The first kappa shape index (κ1) is 14.6. The van der Waals surface area contributed by atoms with Gasteiger partial charge in [0.15, 0.2) is 0 Å². The van der Waals surface area contributed by atoms with Gasteiger partial charge >= 0.3 is 0 Å². The van der Waals surface area contributed by atoms with Crippen LogP contribution in [-0.2, 0) is 13.1 Å². The van der Waals surface area contributed by atoms with Gasteiger partial charge in [0.1, 0.15) is 5.76 Å². The van der Waals surface area contributed by atoms with E-state index in [9.17, 15) is 0 Å².